The van der Waals surface area contributed by atoms with Gasteiger partial charge in [0.2, 0.25) is 0 Å². The van der Waals surface area contributed by atoms with Crippen molar-refractivity contribution in [1.29, 1.82) is 5.26 Å². The zero-order valence-electron chi connectivity index (χ0n) is 9.72. The first-order chi connectivity index (χ1) is 8.63. The van der Waals surface area contributed by atoms with E-state index in [1.54, 1.807) is 0 Å². The minimum absolute atomic E-state index is 0.0903. The molecule has 0 amide bonds. The van der Waals surface area contributed by atoms with Crippen LogP contribution in [0.4, 0.5) is 17.1 Å². The minimum Gasteiger partial charge on any atom is -0.393 e. The maximum Gasteiger partial charge on any atom is 0.293 e. The van der Waals surface area contributed by atoms with Crippen molar-refractivity contribution >= 4 is 17.1 Å². The predicted octanol–water partition coefficient (Wildman–Crippen LogP) is 0.458. The zero-order chi connectivity index (χ0) is 13.1. The maximum absolute atomic E-state index is 10.8. The van der Waals surface area contributed by atoms with E-state index >= 15 is 0 Å². The van der Waals surface area contributed by atoms with Crippen LogP contribution in [0, 0.1) is 21.4 Å². The fraction of sp³-hybridized carbons (Fsp3) is 0.364. The summed E-state index contributed by atoms with van der Waals surface area (Å²) in [5, 5.41) is 23.1. The number of hydrogen-bond acceptors (Lipinski definition) is 6. The van der Waals surface area contributed by atoms with Gasteiger partial charge in [0, 0.05) is 32.2 Å². The monoisotopic (exact) mass is 247 g/mol. The molecule has 94 valence electrons. The fourth-order valence-corrected chi connectivity index (χ4v) is 2.01. The zero-order valence-corrected chi connectivity index (χ0v) is 9.72. The number of rotatable bonds is 2. The number of benzene rings is 1. The summed E-state index contributed by atoms with van der Waals surface area (Å²) in [4.78, 5) is 12.2. The quantitative estimate of drug-likeness (QED) is 0.446. The molecule has 7 nitrogen and oxygen atoms in total. The smallest absolute Gasteiger partial charge is 0.293 e. The predicted molar refractivity (Wildman–Crippen MR) is 67.3 cm³/mol. The van der Waals surface area contributed by atoms with Crippen LogP contribution < -0.4 is 16.0 Å². The number of anilines is 2. The molecule has 1 aromatic carbocycles. The van der Waals surface area contributed by atoms with Crippen molar-refractivity contribution in [2.45, 2.75) is 0 Å². The average Bonchev–Trinajstić information content (AvgIpc) is 2.39. The molecule has 3 N–H and O–H groups in total. The van der Waals surface area contributed by atoms with Gasteiger partial charge in [-0.3, -0.25) is 10.1 Å². The molecule has 1 aliphatic rings. The Morgan fingerprint density at radius 1 is 1.44 bits per heavy atom. The molecule has 7 heteroatoms. The van der Waals surface area contributed by atoms with E-state index in [1.165, 1.54) is 12.1 Å². The van der Waals surface area contributed by atoms with E-state index in [2.05, 4.69) is 5.32 Å². The van der Waals surface area contributed by atoms with Crippen LogP contribution in [0.25, 0.3) is 0 Å². The van der Waals surface area contributed by atoms with E-state index in [9.17, 15) is 10.1 Å². The van der Waals surface area contributed by atoms with Gasteiger partial charge in [-0.25, -0.2) is 0 Å². The van der Waals surface area contributed by atoms with E-state index in [-0.39, 0.29) is 16.9 Å². The largest absolute Gasteiger partial charge is 0.393 e. The van der Waals surface area contributed by atoms with E-state index in [0.29, 0.717) is 5.69 Å². The second kappa shape index (κ2) is 4.89. The summed E-state index contributed by atoms with van der Waals surface area (Å²) in [6.07, 6.45) is 0. The molecule has 1 aliphatic heterocycles. The molecule has 2 rings (SSSR count). The first-order valence-corrected chi connectivity index (χ1v) is 5.57. The molecule has 1 aromatic rings. The number of nitriles is 1. The van der Waals surface area contributed by atoms with E-state index < -0.39 is 4.92 Å². The third kappa shape index (κ3) is 2.19. The molecule has 0 bridgehead atoms. The van der Waals surface area contributed by atoms with Gasteiger partial charge in [0.25, 0.3) is 5.69 Å². The summed E-state index contributed by atoms with van der Waals surface area (Å²) in [5.41, 5.74) is 6.49. The summed E-state index contributed by atoms with van der Waals surface area (Å²) in [7, 11) is 0. The lowest BCUT2D eigenvalue weighted by Gasteiger charge is -2.30. The highest BCUT2D eigenvalue weighted by Crippen LogP contribution is 2.31. The third-order valence-electron chi connectivity index (χ3n) is 2.92. The Labute approximate surface area is 104 Å². The number of piperazine rings is 1. The summed E-state index contributed by atoms with van der Waals surface area (Å²) >= 11 is 0. The molecule has 1 heterocycles. The lowest BCUT2D eigenvalue weighted by molar-refractivity contribution is -0.383. The standard InChI is InChI=1S/C11H13N5O2/c12-7-8-5-11(16(17)18)9(13)6-10(8)15-3-1-14-2-4-15/h5-6,14H,1-4,13H2. The van der Waals surface area contributed by atoms with Crippen molar-refractivity contribution in [3.63, 3.8) is 0 Å². The van der Waals surface area contributed by atoms with Crippen LogP contribution in [0.1, 0.15) is 5.56 Å². The molecule has 18 heavy (non-hydrogen) atoms. The minimum atomic E-state index is -0.572. The summed E-state index contributed by atoms with van der Waals surface area (Å²) in [5.74, 6) is 0. The number of nitro benzene ring substituents is 1. The molecule has 0 aliphatic carbocycles. The number of nitrogens with two attached hydrogens (primary N) is 1. The Bertz CT molecular complexity index is 517. The van der Waals surface area contributed by atoms with E-state index in [1.807, 2.05) is 11.0 Å². The fourth-order valence-electron chi connectivity index (χ4n) is 2.01. The van der Waals surface area contributed by atoms with E-state index in [0.717, 1.165) is 26.2 Å². The third-order valence-corrected chi connectivity index (χ3v) is 2.92. The molecule has 1 saturated heterocycles. The second-order valence-electron chi connectivity index (χ2n) is 4.03. The number of nitrogen functional groups attached to an aromatic ring is 1. The van der Waals surface area contributed by atoms with Crippen LogP contribution in [0.2, 0.25) is 0 Å². The molecule has 0 unspecified atom stereocenters. The van der Waals surface area contributed by atoms with Gasteiger partial charge in [-0.15, -0.1) is 0 Å². The van der Waals surface area contributed by atoms with Crippen LogP contribution in [0.15, 0.2) is 12.1 Å². The normalized spacial score (nSPS) is 15.2. The van der Waals surface area contributed by atoms with Crippen LogP contribution in [-0.2, 0) is 0 Å². The van der Waals surface area contributed by atoms with Gasteiger partial charge >= 0.3 is 0 Å². The molecular formula is C11H13N5O2. The lowest BCUT2D eigenvalue weighted by Crippen LogP contribution is -2.43. The van der Waals surface area contributed by atoms with Gasteiger partial charge in [0.1, 0.15) is 11.8 Å². The summed E-state index contributed by atoms with van der Waals surface area (Å²) < 4.78 is 0. The van der Waals surface area contributed by atoms with Gasteiger partial charge in [0.05, 0.1) is 16.2 Å². The van der Waals surface area contributed by atoms with Crippen molar-refractivity contribution in [3.05, 3.63) is 27.8 Å². The van der Waals surface area contributed by atoms with Gasteiger partial charge in [-0.2, -0.15) is 5.26 Å². The topological polar surface area (TPSA) is 108 Å². The van der Waals surface area contributed by atoms with Gasteiger partial charge in [-0.1, -0.05) is 0 Å². The highest BCUT2D eigenvalue weighted by Gasteiger charge is 2.20. The lowest BCUT2D eigenvalue weighted by atomic mass is 10.1. The first kappa shape index (κ1) is 12.1. The van der Waals surface area contributed by atoms with Crippen molar-refractivity contribution < 1.29 is 4.92 Å². The highest BCUT2D eigenvalue weighted by atomic mass is 16.6. The Morgan fingerprint density at radius 3 is 2.67 bits per heavy atom. The van der Waals surface area contributed by atoms with Gasteiger partial charge in [-0.05, 0) is 6.07 Å². The van der Waals surface area contributed by atoms with Crippen molar-refractivity contribution in [2.24, 2.45) is 0 Å². The SMILES string of the molecule is N#Cc1cc([N+](=O)[O-])c(N)cc1N1CCNCC1. The van der Waals surface area contributed by atoms with Crippen molar-refractivity contribution in [2.75, 3.05) is 36.8 Å². The van der Waals surface area contributed by atoms with Crippen LogP contribution >= 0.6 is 0 Å². The van der Waals surface area contributed by atoms with Crippen LogP contribution in [-0.4, -0.2) is 31.1 Å². The molecule has 0 radical (unpaired) electrons. The Hall–Kier alpha value is -2.33. The first-order valence-electron chi connectivity index (χ1n) is 5.57. The van der Waals surface area contributed by atoms with E-state index in [4.69, 9.17) is 11.0 Å². The van der Waals surface area contributed by atoms with Gasteiger partial charge < -0.3 is 16.0 Å². The molecule has 0 saturated carbocycles. The second-order valence-corrected chi connectivity index (χ2v) is 4.03. The van der Waals surface area contributed by atoms with Crippen molar-refractivity contribution in [3.8, 4) is 6.07 Å². The number of nitrogens with one attached hydrogen (secondary N) is 1. The number of nitro groups is 1. The molecular weight excluding hydrogens is 234 g/mol. The average molecular weight is 247 g/mol. The number of hydrogen-bond donors (Lipinski definition) is 2. The Morgan fingerprint density at radius 2 is 2.11 bits per heavy atom. The summed E-state index contributed by atoms with van der Waals surface area (Å²) in [6.45, 7) is 3.15. The molecule has 1 fully saturated rings. The maximum atomic E-state index is 10.8. The van der Waals surface area contributed by atoms with Crippen LogP contribution in [0.3, 0.4) is 0 Å². The number of nitrogens with zero attached hydrogens (tertiary/aromatic N) is 3. The summed E-state index contributed by atoms with van der Waals surface area (Å²) in [6, 6.07) is 4.75. The molecule has 0 aromatic heterocycles. The Balaban J connectivity index is 2.44. The Kier molecular flexibility index (Phi) is 3.30. The van der Waals surface area contributed by atoms with Gasteiger partial charge in [0.15, 0.2) is 0 Å². The highest BCUT2D eigenvalue weighted by molar-refractivity contribution is 5.73. The van der Waals surface area contributed by atoms with Crippen LogP contribution in [0.5, 0.6) is 0 Å². The molecule has 0 atom stereocenters. The molecule has 0 spiro atoms. The van der Waals surface area contributed by atoms with Crippen molar-refractivity contribution in [1.82, 2.24) is 5.32 Å².